The van der Waals surface area contributed by atoms with Gasteiger partial charge in [-0.2, -0.15) is 0 Å². The zero-order valence-electron chi connectivity index (χ0n) is 13.6. The van der Waals surface area contributed by atoms with E-state index in [-0.39, 0.29) is 17.7 Å². The highest BCUT2D eigenvalue weighted by atomic mass is 16.4. The average molecular weight is 330 g/mol. The van der Waals surface area contributed by atoms with Gasteiger partial charge in [0.05, 0.1) is 5.92 Å². The number of benzene rings is 1. The number of amides is 2. The smallest absolute Gasteiger partial charge is 0.326 e. The summed E-state index contributed by atoms with van der Waals surface area (Å²) in [4.78, 5) is 39.8. The van der Waals surface area contributed by atoms with Crippen molar-refractivity contribution in [2.24, 2.45) is 5.92 Å². The zero-order valence-corrected chi connectivity index (χ0v) is 13.6. The van der Waals surface area contributed by atoms with Crippen LogP contribution in [0.15, 0.2) is 30.3 Å². The molecule has 0 spiro atoms. The number of hydrogen-bond acceptors (Lipinski definition) is 3. The van der Waals surface area contributed by atoms with E-state index in [1.807, 2.05) is 18.2 Å². The summed E-state index contributed by atoms with van der Waals surface area (Å²) in [5, 5.41) is 9.26. The van der Waals surface area contributed by atoms with Crippen molar-refractivity contribution < 1.29 is 19.5 Å². The summed E-state index contributed by atoms with van der Waals surface area (Å²) < 4.78 is 0. The van der Waals surface area contributed by atoms with E-state index < -0.39 is 12.0 Å². The molecule has 2 aliphatic rings. The summed E-state index contributed by atoms with van der Waals surface area (Å²) in [7, 11) is 0. The fourth-order valence-corrected chi connectivity index (χ4v) is 3.65. The van der Waals surface area contributed by atoms with Crippen LogP contribution in [0, 0.1) is 5.92 Å². The Morgan fingerprint density at radius 3 is 2.42 bits per heavy atom. The minimum Gasteiger partial charge on any atom is -0.480 e. The Hall–Kier alpha value is -2.37. The van der Waals surface area contributed by atoms with E-state index in [2.05, 4.69) is 0 Å². The fraction of sp³-hybridized carbons (Fsp3) is 0.500. The van der Waals surface area contributed by atoms with Crippen LogP contribution in [0.4, 0.5) is 0 Å². The van der Waals surface area contributed by atoms with Crippen molar-refractivity contribution in [3.8, 4) is 0 Å². The largest absolute Gasteiger partial charge is 0.480 e. The molecule has 24 heavy (non-hydrogen) atoms. The van der Waals surface area contributed by atoms with Crippen LogP contribution < -0.4 is 0 Å². The van der Waals surface area contributed by atoms with Crippen molar-refractivity contribution in [1.29, 1.82) is 0 Å². The fourth-order valence-electron chi connectivity index (χ4n) is 3.65. The maximum absolute atomic E-state index is 12.7. The Morgan fingerprint density at radius 1 is 1.00 bits per heavy atom. The molecule has 2 heterocycles. The monoisotopic (exact) mass is 330 g/mol. The van der Waals surface area contributed by atoms with Crippen molar-refractivity contribution in [2.75, 3.05) is 19.6 Å². The molecule has 128 valence electrons. The number of rotatable bonds is 3. The SMILES string of the molecule is O=C(O)[C@H]1CCCN1C(=O)C1CCCN(C(=O)c2ccccc2)C1. The molecule has 1 aromatic rings. The molecule has 3 rings (SSSR count). The van der Waals surface area contributed by atoms with Gasteiger partial charge < -0.3 is 14.9 Å². The number of likely N-dealkylation sites (tertiary alicyclic amines) is 2. The third-order valence-corrected chi connectivity index (χ3v) is 4.90. The van der Waals surface area contributed by atoms with E-state index in [4.69, 9.17) is 0 Å². The van der Waals surface area contributed by atoms with Crippen molar-refractivity contribution in [2.45, 2.75) is 31.7 Å². The molecule has 1 aromatic carbocycles. The molecule has 0 bridgehead atoms. The lowest BCUT2D eigenvalue weighted by Gasteiger charge is -2.35. The number of piperidine rings is 1. The number of hydrogen-bond donors (Lipinski definition) is 1. The van der Waals surface area contributed by atoms with Crippen LogP contribution in [0.3, 0.4) is 0 Å². The highest BCUT2D eigenvalue weighted by Crippen LogP contribution is 2.25. The first-order chi connectivity index (χ1) is 11.6. The van der Waals surface area contributed by atoms with E-state index in [1.54, 1.807) is 17.0 Å². The molecule has 2 saturated heterocycles. The second kappa shape index (κ2) is 7.03. The summed E-state index contributed by atoms with van der Waals surface area (Å²) in [5.74, 6) is -1.42. The molecule has 0 radical (unpaired) electrons. The third kappa shape index (κ3) is 3.27. The first kappa shape index (κ1) is 16.5. The minimum absolute atomic E-state index is 0.0655. The highest BCUT2D eigenvalue weighted by molar-refractivity contribution is 5.95. The Bertz CT molecular complexity index is 631. The summed E-state index contributed by atoms with van der Waals surface area (Å²) in [5.41, 5.74) is 0.621. The third-order valence-electron chi connectivity index (χ3n) is 4.90. The lowest BCUT2D eigenvalue weighted by molar-refractivity contribution is -0.150. The Balaban J connectivity index is 1.68. The van der Waals surface area contributed by atoms with Gasteiger partial charge in [-0.1, -0.05) is 18.2 Å². The molecule has 6 nitrogen and oxygen atoms in total. The normalized spacial score (nSPS) is 24.0. The van der Waals surface area contributed by atoms with Gasteiger partial charge in [-0.25, -0.2) is 4.79 Å². The molecule has 0 aromatic heterocycles. The molecule has 0 aliphatic carbocycles. The number of carbonyl (C=O) groups is 3. The van der Waals surface area contributed by atoms with Crippen LogP contribution in [0.2, 0.25) is 0 Å². The number of carboxylic acids is 1. The molecule has 2 atom stereocenters. The van der Waals surface area contributed by atoms with Crippen molar-refractivity contribution >= 4 is 17.8 Å². The zero-order chi connectivity index (χ0) is 17.1. The van der Waals surface area contributed by atoms with Crippen LogP contribution in [0.5, 0.6) is 0 Å². The summed E-state index contributed by atoms with van der Waals surface area (Å²) in [6.45, 7) is 1.51. The maximum atomic E-state index is 12.7. The van der Waals surface area contributed by atoms with Crippen LogP contribution in [-0.2, 0) is 9.59 Å². The van der Waals surface area contributed by atoms with Crippen molar-refractivity contribution in [3.05, 3.63) is 35.9 Å². The highest BCUT2D eigenvalue weighted by Gasteiger charge is 2.39. The van der Waals surface area contributed by atoms with Gasteiger partial charge in [0.15, 0.2) is 0 Å². The summed E-state index contributed by atoms with van der Waals surface area (Å²) in [6.07, 6.45) is 2.71. The number of carboxylic acid groups (broad SMARTS) is 1. The summed E-state index contributed by atoms with van der Waals surface area (Å²) in [6, 6.07) is 8.34. The first-order valence-corrected chi connectivity index (χ1v) is 8.45. The van der Waals surface area contributed by atoms with Gasteiger partial charge in [-0.05, 0) is 37.8 Å². The van der Waals surface area contributed by atoms with E-state index in [9.17, 15) is 19.5 Å². The predicted octanol–water partition coefficient (Wildman–Crippen LogP) is 1.61. The molecule has 2 amide bonds. The van der Waals surface area contributed by atoms with Gasteiger partial charge in [0, 0.05) is 25.2 Å². The minimum atomic E-state index is -0.936. The topological polar surface area (TPSA) is 77.9 Å². The molecule has 1 N–H and O–H groups in total. The van der Waals surface area contributed by atoms with Gasteiger partial charge in [0.1, 0.15) is 6.04 Å². The van der Waals surface area contributed by atoms with Crippen molar-refractivity contribution in [1.82, 2.24) is 9.80 Å². The molecule has 2 aliphatic heterocycles. The molecule has 6 heteroatoms. The van der Waals surface area contributed by atoms with Gasteiger partial charge in [-0.3, -0.25) is 9.59 Å². The molecular formula is C18H22N2O4. The lowest BCUT2D eigenvalue weighted by atomic mass is 9.95. The summed E-state index contributed by atoms with van der Waals surface area (Å²) >= 11 is 0. The van der Waals surface area contributed by atoms with Gasteiger partial charge in [-0.15, -0.1) is 0 Å². The lowest BCUT2D eigenvalue weighted by Crippen LogP contribution is -2.49. The van der Waals surface area contributed by atoms with Crippen LogP contribution in [0.25, 0.3) is 0 Å². The van der Waals surface area contributed by atoms with Crippen LogP contribution >= 0.6 is 0 Å². The maximum Gasteiger partial charge on any atom is 0.326 e. The average Bonchev–Trinajstić information content (AvgIpc) is 3.11. The molecular weight excluding hydrogens is 308 g/mol. The second-order valence-electron chi connectivity index (χ2n) is 6.48. The first-order valence-electron chi connectivity index (χ1n) is 8.45. The number of nitrogens with zero attached hydrogens (tertiary/aromatic N) is 2. The van der Waals surface area contributed by atoms with Crippen LogP contribution in [-0.4, -0.2) is 58.4 Å². The second-order valence-corrected chi connectivity index (χ2v) is 6.48. The number of aliphatic carboxylic acids is 1. The van der Waals surface area contributed by atoms with E-state index >= 15 is 0 Å². The Kier molecular flexibility index (Phi) is 4.83. The van der Waals surface area contributed by atoms with E-state index in [1.165, 1.54) is 4.90 Å². The van der Waals surface area contributed by atoms with E-state index in [0.29, 0.717) is 38.0 Å². The molecule has 0 saturated carbocycles. The van der Waals surface area contributed by atoms with Crippen molar-refractivity contribution in [3.63, 3.8) is 0 Å². The van der Waals surface area contributed by atoms with Gasteiger partial charge >= 0.3 is 5.97 Å². The van der Waals surface area contributed by atoms with Gasteiger partial charge in [0.2, 0.25) is 5.91 Å². The van der Waals surface area contributed by atoms with Crippen LogP contribution in [0.1, 0.15) is 36.0 Å². The standard InChI is InChI=1S/C18H22N2O4/c21-16(13-6-2-1-3-7-13)19-10-4-8-14(12-19)17(22)20-11-5-9-15(20)18(23)24/h1-3,6-7,14-15H,4-5,8-12H2,(H,23,24)/t14?,15-/m1/s1. The number of carbonyl (C=O) groups excluding carboxylic acids is 2. The Morgan fingerprint density at radius 2 is 1.71 bits per heavy atom. The van der Waals surface area contributed by atoms with Gasteiger partial charge in [0.25, 0.3) is 5.91 Å². The molecule has 1 unspecified atom stereocenters. The van der Waals surface area contributed by atoms with E-state index in [0.717, 1.165) is 12.8 Å². The predicted molar refractivity (Wildman–Crippen MR) is 87.4 cm³/mol. The Labute approximate surface area is 141 Å². The quantitative estimate of drug-likeness (QED) is 0.913. The molecule has 2 fully saturated rings.